The maximum absolute atomic E-state index is 11.9. The van der Waals surface area contributed by atoms with Crippen LogP contribution in [0.25, 0.3) is 16.8 Å². The molecule has 1 amide bonds. The summed E-state index contributed by atoms with van der Waals surface area (Å²) in [6.45, 7) is 0.499. The van der Waals surface area contributed by atoms with E-state index in [0.717, 1.165) is 22.1 Å². The molecule has 0 aliphatic heterocycles. The summed E-state index contributed by atoms with van der Waals surface area (Å²) in [4.78, 5) is 11.9. The summed E-state index contributed by atoms with van der Waals surface area (Å²) >= 11 is 0. The molecule has 30 heavy (non-hydrogen) atoms. The summed E-state index contributed by atoms with van der Waals surface area (Å²) in [5, 5.41) is 4.89. The summed E-state index contributed by atoms with van der Waals surface area (Å²) in [6, 6.07) is 19.4. The monoisotopic (exact) mass is 401 g/mol. The van der Waals surface area contributed by atoms with Crippen LogP contribution in [0.2, 0.25) is 0 Å². The Balaban J connectivity index is 1.46. The highest BCUT2D eigenvalue weighted by Gasteiger charge is 2.03. The lowest BCUT2D eigenvalue weighted by Gasteiger charge is -2.07. The molecule has 0 spiro atoms. The molecule has 3 aromatic carbocycles. The third-order valence-electron chi connectivity index (χ3n) is 4.36. The highest BCUT2D eigenvalue weighted by atomic mass is 16.5. The van der Waals surface area contributed by atoms with Gasteiger partial charge in [-0.2, -0.15) is 0 Å². The van der Waals surface area contributed by atoms with E-state index in [4.69, 9.17) is 14.2 Å². The van der Waals surface area contributed by atoms with E-state index in [1.54, 1.807) is 32.4 Å². The van der Waals surface area contributed by atoms with Crippen molar-refractivity contribution in [3.05, 3.63) is 72.3 Å². The van der Waals surface area contributed by atoms with Gasteiger partial charge in [-0.25, -0.2) is 0 Å². The van der Waals surface area contributed by atoms with Gasteiger partial charge in [0.05, 0.1) is 20.8 Å². The van der Waals surface area contributed by atoms with Gasteiger partial charge in [0, 0.05) is 11.5 Å². The van der Waals surface area contributed by atoms with Crippen molar-refractivity contribution in [3.8, 4) is 29.1 Å². The van der Waals surface area contributed by atoms with E-state index in [0.29, 0.717) is 11.5 Å². The van der Waals surface area contributed by atoms with Gasteiger partial charge in [-0.05, 0) is 35.2 Å². The van der Waals surface area contributed by atoms with Gasteiger partial charge in [-0.15, -0.1) is 0 Å². The minimum Gasteiger partial charge on any atom is -0.493 e. The number of benzene rings is 3. The fraction of sp³-hybridized carbons (Fsp3) is 0.160. The smallest absolute Gasteiger partial charge is 0.244 e. The zero-order chi connectivity index (χ0) is 21.2. The summed E-state index contributed by atoms with van der Waals surface area (Å²) in [6.07, 6.45) is 3.16. The summed E-state index contributed by atoms with van der Waals surface area (Å²) < 4.78 is 16.2. The third kappa shape index (κ3) is 5.55. The fourth-order valence-corrected chi connectivity index (χ4v) is 2.87. The van der Waals surface area contributed by atoms with Crippen molar-refractivity contribution in [2.75, 3.05) is 27.4 Å². The van der Waals surface area contributed by atoms with Crippen LogP contribution in [0.15, 0.2) is 66.7 Å². The minimum atomic E-state index is -0.228. The molecule has 0 fully saturated rings. The lowest BCUT2D eigenvalue weighted by Crippen LogP contribution is -2.21. The van der Waals surface area contributed by atoms with Gasteiger partial charge < -0.3 is 19.5 Å². The van der Waals surface area contributed by atoms with Gasteiger partial charge >= 0.3 is 0 Å². The van der Waals surface area contributed by atoms with Crippen molar-refractivity contribution in [3.63, 3.8) is 0 Å². The van der Waals surface area contributed by atoms with Crippen LogP contribution in [0.3, 0.4) is 0 Å². The number of hydrogen-bond acceptors (Lipinski definition) is 4. The van der Waals surface area contributed by atoms with E-state index in [9.17, 15) is 4.79 Å². The SMILES string of the molecule is COc1ccc(/C=C/C(=O)NCC#CCOc2cccc3ccccc23)cc1OC. The number of methoxy groups -OCH3 is 2. The van der Waals surface area contributed by atoms with Crippen molar-refractivity contribution < 1.29 is 19.0 Å². The second kappa shape index (κ2) is 10.6. The zero-order valence-electron chi connectivity index (χ0n) is 17.0. The predicted octanol–water partition coefficient (Wildman–Crippen LogP) is 4.07. The van der Waals surface area contributed by atoms with Crippen LogP contribution in [-0.4, -0.2) is 33.3 Å². The quantitative estimate of drug-likeness (QED) is 0.479. The molecule has 0 aliphatic carbocycles. The molecule has 0 bridgehead atoms. The molecular formula is C25H23NO4. The highest BCUT2D eigenvalue weighted by Crippen LogP contribution is 2.28. The number of rotatable bonds is 7. The van der Waals surface area contributed by atoms with E-state index in [2.05, 4.69) is 17.2 Å². The maximum atomic E-state index is 11.9. The molecular weight excluding hydrogens is 378 g/mol. The van der Waals surface area contributed by atoms with Crippen LogP contribution >= 0.6 is 0 Å². The first-order valence-corrected chi connectivity index (χ1v) is 9.45. The van der Waals surface area contributed by atoms with Crippen molar-refractivity contribution >= 4 is 22.8 Å². The molecule has 0 aliphatic rings. The average Bonchev–Trinajstić information content (AvgIpc) is 2.79. The molecule has 1 N–H and O–H groups in total. The summed E-state index contributed by atoms with van der Waals surface area (Å²) in [5.74, 6) is 7.62. The predicted molar refractivity (Wildman–Crippen MR) is 119 cm³/mol. The van der Waals surface area contributed by atoms with Crippen LogP contribution in [0.1, 0.15) is 5.56 Å². The van der Waals surface area contributed by atoms with E-state index in [-0.39, 0.29) is 19.1 Å². The molecule has 152 valence electrons. The van der Waals surface area contributed by atoms with Gasteiger partial charge in [-0.1, -0.05) is 54.3 Å². The van der Waals surface area contributed by atoms with E-state index in [1.807, 2.05) is 48.5 Å². The van der Waals surface area contributed by atoms with E-state index in [1.165, 1.54) is 6.08 Å². The molecule has 0 heterocycles. The van der Waals surface area contributed by atoms with Crippen LogP contribution in [0.4, 0.5) is 0 Å². The largest absolute Gasteiger partial charge is 0.493 e. The van der Waals surface area contributed by atoms with Crippen LogP contribution in [0, 0.1) is 11.8 Å². The maximum Gasteiger partial charge on any atom is 0.244 e. The number of ether oxygens (including phenoxy) is 3. The van der Waals surface area contributed by atoms with Crippen molar-refractivity contribution in [2.45, 2.75) is 0 Å². The first-order valence-electron chi connectivity index (χ1n) is 9.45. The lowest BCUT2D eigenvalue weighted by molar-refractivity contribution is -0.116. The van der Waals surface area contributed by atoms with Crippen LogP contribution < -0.4 is 19.5 Å². The molecule has 0 radical (unpaired) electrons. The molecule has 3 rings (SSSR count). The molecule has 3 aromatic rings. The Kier molecular flexibility index (Phi) is 7.34. The Morgan fingerprint density at radius 2 is 1.73 bits per heavy atom. The number of nitrogens with one attached hydrogen (secondary N) is 1. The number of carbonyl (C=O) groups excluding carboxylic acids is 1. The molecule has 0 aromatic heterocycles. The molecule has 0 saturated heterocycles. The number of fused-ring (bicyclic) bond motifs is 1. The van der Waals surface area contributed by atoms with Crippen molar-refractivity contribution in [2.24, 2.45) is 0 Å². The minimum absolute atomic E-state index is 0.228. The van der Waals surface area contributed by atoms with Crippen LogP contribution in [0.5, 0.6) is 17.2 Å². The zero-order valence-corrected chi connectivity index (χ0v) is 17.0. The van der Waals surface area contributed by atoms with Crippen molar-refractivity contribution in [1.29, 1.82) is 0 Å². The van der Waals surface area contributed by atoms with Crippen LogP contribution in [-0.2, 0) is 4.79 Å². The standard InChI is InChI=1S/C25H23NO4/c1-28-23-14-12-19(18-24(23)29-2)13-15-25(27)26-16-5-6-17-30-22-11-7-9-20-8-3-4-10-21(20)22/h3-4,7-15,18H,16-17H2,1-2H3,(H,26,27)/b15-13+. The Morgan fingerprint density at radius 3 is 2.57 bits per heavy atom. The van der Waals surface area contributed by atoms with Gasteiger partial charge in [0.25, 0.3) is 0 Å². The Hall–Kier alpha value is -3.91. The summed E-state index contributed by atoms with van der Waals surface area (Å²) in [7, 11) is 3.15. The Morgan fingerprint density at radius 1 is 0.933 bits per heavy atom. The highest BCUT2D eigenvalue weighted by molar-refractivity contribution is 5.92. The topological polar surface area (TPSA) is 56.8 Å². The molecule has 0 unspecified atom stereocenters. The number of carbonyl (C=O) groups is 1. The van der Waals surface area contributed by atoms with Gasteiger partial charge in [-0.3, -0.25) is 4.79 Å². The van der Waals surface area contributed by atoms with E-state index >= 15 is 0 Å². The van der Waals surface area contributed by atoms with E-state index < -0.39 is 0 Å². The molecule has 5 nitrogen and oxygen atoms in total. The Labute approximate surface area is 176 Å². The lowest BCUT2D eigenvalue weighted by atomic mass is 10.1. The Bertz CT molecular complexity index is 1100. The fourth-order valence-electron chi connectivity index (χ4n) is 2.87. The summed E-state index contributed by atoms with van der Waals surface area (Å²) in [5.41, 5.74) is 0.831. The number of hydrogen-bond donors (Lipinski definition) is 1. The van der Waals surface area contributed by atoms with Crippen molar-refractivity contribution in [1.82, 2.24) is 5.32 Å². The molecule has 0 saturated carbocycles. The molecule has 0 atom stereocenters. The molecule has 5 heteroatoms. The third-order valence-corrected chi connectivity index (χ3v) is 4.36. The first kappa shape index (κ1) is 20.8. The normalized spacial score (nSPS) is 10.3. The second-order valence-electron chi connectivity index (χ2n) is 6.29. The van der Waals surface area contributed by atoms with Gasteiger partial charge in [0.2, 0.25) is 5.91 Å². The first-order chi connectivity index (χ1) is 14.7. The van der Waals surface area contributed by atoms with Gasteiger partial charge in [0.15, 0.2) is 11.5 Å². The van der Waals surface area contributed by atoms with Gasteiger partial charge in [0.1, 0.15) is 12.4 Å². The second-order valence-corrected chi connectivity index (χ2v) is 6.29. The number of amides is 1. The average molecular weight is 401 g/mol.